The fraction of sp³-hybridized carbons (Fsp3) is 0.389. The van der Waals surface area contributed by atoms with Crippen LogP contribution in [0.4, 0.5) is 11.6 Å². The molecule has 2 aromatic rings. The minimum Gasteiger partial charge on any atom is -0.362 e. The van der Waals surface area contributed by atoms with Gasteiger partial charge in [0.2, 0.25) is 5.91 Å². The second kappa shape index (κ2) is 7.40. The van der Waals surface area contributed by atoms with Crippen LogP contribution in [-0.2, 0) is 11.3 Å². The molecule has 0 saturated carbocycles. The van der Waals surface area contributed by atoms with Gasteiger partial charge in [-0.1, -0.05) is 12.1 Å². The second-order valence-corrected chi connectivity index (χ2v) is 6.31. The summed E-state index contributed by atoms with van der Waals surface area (Å²) in [5.74, 6) is 1.66. The van der Waals surface area contributed by atoms with Crippen LogP contribution in [0.5, 0.6) is 0 Å². The SMILES string of the molecule is CN(C)c1ncccc1CN1CCC(C(=O)Nc2ccccn2)C1. The smallest absolute Gasteiger partial charge is 0.229 e. The number of nitrogens with one attached hydrogen (secondary N) is 1. The summed E-state index contributed by atoms with van der Waals surface area (Å²) in [6.45, 7) is 2.50. The molecule has 0 aliphatic carbocycles. The van der Waals surface area contributed by atoms with E-state index in [-0.39, 0.29) is 11.8 Å². The predicted octanol–water partition coefficient (Wildman–Crippen LogP) is 2.00. The Balaban J connectivity index is 1.59. The summed E-state index contributed by atoms with van der Waals surface area (Å²) in [5, 5.41) is 2.90. The fourth-order valence-electron chi connectivity index (χ4n) is 3.05. The lowest BCUT2D eigenvalue weighted by atomic mass is 10.1. The molecule has 2 aromatic heterocycles. The van der Waals surface area contributed by atoms with Gasteiger partial charge in [0.1, 0.15) is 11.6 Å². The Morgan fingerprint density at radius 1 is 1.25 bits per heavy atom. The van der Waals surface area contributed by atoms with Crippen LogP contribution in [0.15, 0.2) is 42.7 Å². The van der Waals surface area contributed by atoms with Gasteiger partial charge in [-0.05, 0) is 31.2 Å². The highest BCUT2D eigenvalue weighted by Gasteiger charge is 2.29. The molecule has 0 aromatic carbocycles. The highest BCUT2D eigenvalue weighted by Crippen LogP contribution is 2.23. The number of rotatable bonds is 5. The number of hydrogen-bond donors (Lipinski definition) is 1. The topological polar surface area (TPSA) is 61.4 Å². The zero-order valence-corrected chi connectivity index (χ0v) is 14.1. The lowest BCUT2D eigenvalue weighted by Gasteiger charge is -2.20. The molecule has 1 unspecified atom stereocenters. The molecule has 1 fully saturated rings. The largest absolute Gasteiger partial charge is 0.362 e. The molecule has 0 bridgehead atoms. The Hall–Kier alpha value is -2.47. The molecule has 3 heterocycles. The Labute approximate surface area is 142 Å². The Morgan fingerprint density at radius 2 is 2.08 bits per heavy atom. The van der Waals surface area contributed by atoms with Crippen LogP contribution in [0.25, 0.3) is 0 Å². The van der Waals surface area contributed by atoms with Crippen molar-refractivity contribution in [3.63, 3.8) is 0 Å². The van der Waals surface area contributed by atoms with E-state index in [1.54, 1.807) is 6.20 Å². The molecule has 1 saturated heterocycles. The van der Waals surface area contributed by atoms with Crippen molar-refractivity contribution in [3.8, 4) is 0 Å². The van der Waals surface area contributed by atoms with Gasteiger partial charge in [0.15, 0.2) is 0 Å². The van der Waals surface area contributed by atoms with E-state index in [1.165, 1.54) is 5.56 Å². The van der Waals surface area contributed by atoms with E-state index in [1.807, 2.05) is 49.5 Å². The van der Waals surface area contributed by atoms with Crippen LogP contribution in [0.2, 0.25) is 0 Å². The van der Waals surface area contributed by atoms with E-state index >= 15 is 0 Å². The van der Waals surface area contributed by atoms with Crippen LogP contribution in [0, 0.1) is 5.92 Å². The van der Waals surface area contributed by atoms with Gasteiger partial charge in [0.25, 0.3) is 0 Å². The lowest BCUT2D eigenvalue weighted by molar-refractivity contribution is -0.119. The van der Waals surface area contributed by atoms with Crippen molar-refractivity contribution in [1.82, 2.24) is 14.9 Å². The van der Waals surface area contributed by atoms with Crippen molar-refractivity contribution in [2.75, 3.05) is 37.4 Å². The van der Waals surface area contributed by atoms with E-state index in [4.69, 9.17) is 0 Å². The van der Waals surface area contributed by atoms with E-state index < -0.39 is 0 Å². The first-order valence-corrected chi connectivity index (χ1v) is 8.19. The highest BCUT2D eigenvalue weighted by atomic mass is 16.2. The summed E-state index contributed by atoms with van der Waals surface area (Å²) in [7, 11) is 4.00. The third kappa shape index (κ3) is 3.89. The van der Waals surface area contributed by atoms with Crippen LogP contribution in [0.3, 0.4) is 0 Å². The number of hydrogen-bond acceptors (Lipinski definition) is 5. The summed E-state index contributed by atoms with van der Waals surface area (Å²) in [4.78, 5) is 25.3. The molecule has 1 aliphatic heterocycles. The molecule has 1 aliphatic rings. The van der Waals surface area contributed by atoms with Gasteiger partial charge < -0.3 is 10.2 Å². The van der Waals surface area contributed by atoms with E-state index in [2.05, 4.69) is 26.3 Å². The normalized spacial score (nSPS) is 17.7. The maximum absolute atomic E-state index is 12.4. The molecular formula is C18H23N5O. The molecule has 24 heavy (non-hydrogen) atoms. The Kier molecular flexibility index (Phi) is 5.05. The average molecular weight is 325 g/mol. The van der Waals surface area contributed by atoms with Crippen molar-refractivity contribution in [2.45, 2.75) is 13.0 Å². The molecule has 0 radical (unpaired) electrons. The number of nitrogens with zero attached hydrogens (tertiary/aromatic N) is 4. The van der Waals surface area contributed by atoms with Gasteiger partial charge in [-0.2, -0.15) is 0 Å². The van der Waals surface area contributed by atoms with E-state index in [9.17, 15) is 4.79 Å². The first-order valence-electron chi connectivity index (χ1n) is 8.19. The van der Waals surface area contributed by atoms with Crippen molar-refractivity contribution >= 4 is 17.5 Å². The minimum atomic E-state index is 0.00600. The van der Waals surface area contributed by atoms with Gasteiger partial charge >= 0.3 is 0 Å². The Morgan fingerprint density at radius 3 is 2.83 bits per heavy atom. The molecule has 6 nitrogen and oxygen atoms in total. The maximum atomic E-state index is 12.4. The first kappa shape index (κ1) is 16.4. The first-order chi connectivity index (χ1) is 11.6. The third-order valence-electron chi connectivity index (χ3n) is 4.24. The molecule has 1 atom stereocenters. The van der Waals surface area contributed by atoms with Crippen molar-refractivity contribution < 1.29 is 4.79 Å². The second-order valence-electron chi connectivity index (χ2n) is 6.31. The quantitative estimate of drug-likeness (QED) is 0.911. The summed E-state index contributed by atoms with van der Waals surface area (Å²) in [6.07, 6.45) is 4.36. The van der Waals surface area contributed by atoms with Crippen LogP contribution < -0.4 is 10.2 Å². The van der Waals surface area contributed by atoms with Gasteiger partial charge in [-0.3, -0.25) is 9.69 Å². The number of amides is 1. The van der Waals surface area contributed by atoms with Crippen molar-refractivity contribution in [3.05, 3.63) is 48.3 Å². The van der Waals surface area contributed by atoms with Gasteiger partial charge in [0, 0.05) is 45.1 Å². The third-order valence-corrected chi connectivity index (χ3v) is 4.24. The molecule has 3 rings (SSSR count). The number of aromatic nitrogens is 2. The monoisotopic (exact) mass is 325 g/mol. The van der Waals surface area contributed by atoms with E-state index in [0.717, 1.165) is 31.9 Å². The molecule has 0 spiro atoms. The summed E-state index contributed by atoms with van der Waals surface area (Å²) < 4.78 is 0. The molecular weight excluding hydrogens is 302 g/mol. The van der Waals surface area contributed by atoms with Crippen LogP contribution in [0.1, 0.15) is 12.0 Å². The van der Waals surface area contributed by atoms with Gasteiger partial charge in [-0.25, -0.2) is 9.97 Å². The zero-order chi connectivity index (χ0) is 16.9. The molecule has 1 N–H and O–H groups in total. The van der Waals surface area contributed by atoms with Crippen molar-refractivity contribution in [1.29, 1.82) is 0 Å². The summed E-state index contributed by atoms with van der Waals surface area (Å²) >= 11 is 0. The van der Waals surface area contributed by atoms with Crippen LogP contribution in [-0.4, -0.2) is 48.0 Å². The summed E-state index contributed by atoms with van der Waals surface area (Å²) in [5.41, 5.74) is 1.19. The fourth-order valence-corrected chi connectivity index (χ4v) is 3.05. The molecule has 6 heteroatoms. The van der Waals surface area contributed by atoms with E-state index in [0.29, 0.717) is 5.82 Å². The molecule has 126 valence electrons. The number of carbonyl (C=O) groups excluding carboxylic acids is 1. The predicted molar refractivity (Wildman–Crippen MR) is 94.8 cm³/mol. The Bertz CT molecular complexity index is 689. The van der Waals surface area contributed by atoms with Crippen LogP contribution >= 0.6 is 0 Å². The number of anilines is 2. The maximum Gasteiger partial charge on any atom is 0.229 e. The standard InChI is InChI=1S/C18H23N5O/c1-22(2)17-14(6-5-10-20-17)12-23-11-8-15(13-23)18(24)21-16-7-3-4-9-19-16/h3-7,9-10,15H,8,11-13H2,1-2H3,(H,19,21,24). The number of pyridine rings is 2. The minimum absolute atomic E-state index is 0.00600. The zero-order valence-electron chi connectivity index (χ0n) is 14.1. The number of carbonyl (C=O) groups is 1. The highest BCUT2D eigenvalue weighted by molar-refractivity contribution is 5.92. The van der Waals surface area contributed by atoms with Gasteiger partial charge in [-0.15, -0.1) is 0 Å². The lowest BCUT2D eigenvalue weighted by Crippen LogP contribution is -2.27. The molecule has 1 amide bonds. The average Bonchev–Trinajstić information content (AvgIpc) is 3.05. The van der Waals surface area contributed by atoms with Gasteiger partial charge in [0.05, 0.1) is 5.92 Å². The van der Waals surface area contributed by atoms with Crippen molar-refractivity contribution in [2.24, 2.45) is 5.92 Å². The number of likely N-dealkylation sites (tertiary alicyclic amines) is 1. The summed E-state index contributed by atoms with van der Waals surface area (Å²) in [6, 6.07) is 9.58.